The zero-order chi connectivity index (χ0) is 18.8. The van der Waals surface area contributed by atoms with Crippen LogP contribution in [0.1, 0.15) is 18.1 Å². The third-order valence-electron chi connectivity index (χ3n) is 3.67. The summed E-state index contributed by atoms with van der Waals surface area (Å²) >= 11 is 0. The first-order valence-electron chi connectivity index (χ1n) is 8.49. The molecule has 0 amide bonds. The Hall–Kier alpha value is -1.72. The molecule has 1 aromatic heterocycles. The molecule has 1 aromatic carbocycles. The molecular formula is C18H26IN5O2S. The average Bonchev–Trinajstić information content (AvgIpc) is 2.65. The first kappa shape index (κ1) is 23.3. The van der Waals surface area contributed by atoms with Gasteiger partial charge < -0.3 is 10.6 Å². The highest BCUT2D eigenvalue weighted by Gasteiger charge is 2.12. The van der Waals surface area contributed by atoms with Gasteiger partial charge in [0.15, 0.2) is 5.96 Å². The summed E-state index contributed by atoms with van der Waals surface area (Å²) in [4.78, 5) is 8.52. The van der Waals surface area contributed by atoms with E-state index in [9.17, 15) is 8.42 Å². The van der Waals surface area contributed by atoms with Crippen LogP contribution in [0, 0.1) is 6.92 Å². The van der Waals surface area contributed by atoms with Crippen molar-refractivity contribution in [3.05, 3.63) is 59.9 Å². The fourth-order valence-corrected chi connectivity index (χ4v) is 3.24. The van der Waals surface area contributed by atoms with Gasteiger partial charge in [0.25, 0.3) is 0 Å². The number of nitrogens with zero attached hydrogens (tertiary/aromatic N) is 2. The van der Waals surface area contributed by atoms with Gasteiger partial charge >= 0.3 is 0 Å². The van der Waals surface area contributed by atoms with Gasteiger partial charge in [0.05, 0.1) is 6.54 Å². The van der Waals surface area contributed by atoms with Crippen LogP contribution >= 0.6 is 24.0 Å². The number of hydrogen-bond donors (Lipinski definition) is 3. The summed E-state index contributed by atoms with van der Waals surface area (Å²) in [5.41, 5.74) is 2.35. The van der Waals surface area contributed by atoms with Crippen LogP contribution in [0.25, 0.3) is 0 Å². The van der Waals surface area contributed by atoms with Crippen molar-refractivity contribution in [2.45, 2.75) is 25.3 Å². The Balaban J connectivity index is 0.00000364. The van der Waals surface area contributed by atoms with Crippen LogP contribution in [-0.4, -0.2) is 39.0 Å². The van der Waals surface area contributed by atoms with Gasteiger partial charge in [-0.15, -0.1) is 24.0 Å². The molecule has 0 aliphatic rings. The second-order valence-electron chi connectivity index (χ2n) is 5.63. The molecule has 0 bridgehead atoms. The second-order valence-corrected chi connectivity index (χ2v) is 7.40. The number of halogens is 1. The average molecular weight is 503 g/mol. The topological polar surface area (TPSA) is 95.5 Å². The van der Waals surface area contributed by atoms with E-state index in [1.165, 1.54) is 24.0 Å². The Bertz CT molecular complexity index is 829. The number of hydrogen-bond acceptors (Lipinski definition) is 4. The Morgan fingerprint density at radius 2 is 1.89 bits per heavy atom. The molecule has 1 heterocycles. The lowest BCUT2D eigenvalue weighted by molar-refractivity contribution is 0.580. The first-order valence-corrected chi connectivity index (χ1v) is 9.97. The standard InChI is InChI=1S/C18H25N5O2S.HI/c1-3-20-18(22-13-16-8-5-4-7-15(16)2)21-11-12-23-26(24,25)17-9-6-10-19-14-17;/h4-10,14,23H,3,11-13H2,1-2H3,(H2,20,21,22);1H. The minimum absolute atomic E-state index is 0. The third kappa shape index (κ3) is 7.81. The van der Waals surface area contributed by atoms with Gasteiger partial charge in [-0.1, -0.05) is 24.3 Å². The summed E-state index contributed by atoms with van der Waals surface area (Å²) in [6.45, 7) is 5.98. The molecule has 0 unspecified atom stereocenters. The molecule has 0 fully saturated rings. The summed E-state index contributed by atoms with van der Waals surface area (Å²) in [6.07, 6.45) is 2.86. The second kappa shape index (κ2) is 11.9. The van der Waals surface area contributed by atoms with Gasteiger partial charge in [0.1, 0.15) is 4.90 Å². The van der Waals surface area contributed by atoms with Crippen molar-refractivity contribution in [1.82, 2.24) is 20.3 Å². The molecule has 0 saturated heterocycles. The number of aliphatic imine (C=N–C) groups is 1. The lowest BCUT2D eigenvalue weighted by atomic mass is 10.1. The number of rotatable bonds is 8. The smallest absolute Gasteiger partial charge is 0.242 e. The Kier molecular flexibility index (Phi) is 10.3. The van der Waals surface area contributed by atoms with Crippen LogP contribution in [0.15, 0.2) is 58.7 Å². The maximum atomic E-state index is 12.1. The Morgan fingerprint density at radius 3 is 2.56 bits per heavy atom. The molecule has 2 aromatic rings. The monoisotopic (exact) mass is 503 g/mol. The lowest BCUT2D eigenvalue weighted by Crippen LogP contribution is -2.41. The molecule has 0 aliphatic heterocycles. The Labute approximate surface area is 178 Å². The SMILES string of the molecule is CCNC(=NCc1ccccc1C)NCCNS(=O)(=O)c1cccnc1.I. The quantitative estimate of drug-likeness (QED) is 0.222. The largest absolute Gasteiger partial charge is 0.357 e. The maximum absolute atomic E-state index is 12.1. The third-order valence-corrected chi connectivity index (χ3v) is 5.11. The van der Waals surface area contributed by atoms with Gasteiger partial charge in [-0.05, 0) is 37.1 Å². The van der Waals surface area contributed by atoms with Crippen molar-refractivity contribution in [3.8, 4) is 0 Å². The lowest BCUT2D eigenvalue weighted by Gasteiger charge is -2.12. The number of aryl methyl sites for hydroxylation is 1. The number of aromatic nitrogens is 1. The highest BCUT2D eigenvalue weighted by molar-refractivity contribution is 14.0. The van der Waals surface area contributed by atoms with E-state index in [0.717, 1.165) is 12.1 Å². The first-order chi connectivity index (χ1) is 12.5. The van der Waals surface area contributed by atoms with Crippen LogP contribution in [-0.2, 0) is 16.6 Å². The van der Waals surface area contributed by atoms with Gasteiger partial charge in [-0.2, -0.15) is 0 Å². The Morgan fingerprint density at radius 1 is 1.11 bits per heavy atom. The predicted molar refractivity (Wildman–Crippen MR) is 119 cm³/mol. The van der Waals surface area contributed by atoms with E-state index in [-0.39, 0.29) is 35.4 Å². The van der Waals surface area contributed by atoms with E-state index in [0.29, 0.717) is 19.0 Å². The molecule has 7 nitrogen and oxygen atoms in total. The molecule has 27 heavy (non-hydrogen) atoms. The van der Waals surface area contributed by atoms with Crippen LogP contribution in [0.3, 0.4) is 0 Å². The van der Waals surface area contributed by atoms with Crippen molar-refractivity contribution in [2.24, 2.45) is 4.99 Å². The summed E-state index contributed by atoms with van der Waals surface area (Å²) in [5.74, 6) is 0.649. The van der Waals surface area contributed by atoms with Crippen LogP contribution in [0.2, 0.25) is 0 Å². The highest BCUT2D eigenvalue weighted by atomic mass is 127. The summed E-state index contributed by atoms with van der Waals surface area (Å²) in [7, 11) is -3.54. The summed E-state index contributed by atoms with van der Waals surface area (Å²) in [6, 6.07) is 11.2. The molecule has 2 rings (SSSR count). The normalized spacial score (nSPS) is 11.6. The van der Waals surface area contributed by atoms with Gasteiger partial charge in [0, 0.05) is 32.0 Å². The summed E-state index contributed by atoms with van der Waals surface area (Å²) in [5, 5.41) is 6.28. The maximum Gasteiger partial charge on any atom is 0.242 e. The number of sulfonamides is 1. The molecule has 0 radical (unpaired) electrons. The zero-order valence-electron chi connectivity index (χ0n) is 15.5. The van der Waals surface area contributed by atoms with Crippen molar-refractivity contribution < 1.29 is 8.42 Å². The fourth-order valence-electron chi connectivity index (χ4n) is 2.25. The highest BCUT2D eigenvalue weighted by Crippen LogP contribution is 2.08. The van der Waals surface area contributed by atoms with Crippen LogP contribution in [0.4, 0.5) is 0 Å². The van der Waals surface area contributed by atoms with Crippen LogP contribution in [0.5, 0.6) is 0 Å². The summed E-state index contributed by atoms with van der Waals surface area (Å²) < 4.78 is 26.8. The van der Waals surface area contributed by atoms with E-state index < -0.39 is 10.0 Å². The molecular weight excluding hydrogens is 477 g/mol. The van der Waals surface area contributed by atoms with E-state index in [2.05, 4.69) is 38.3 Å². The van der Waals surface area contributed by atoms with Gasteiger partial charge in [-0.25, -0.2) is 18.1 Å². The van der Waals surface area contributed by atoms with Crippen molar-refractivity contribution in [2.75, 3.05) is 19.6 Å². The minimum atomic E-state index is -3.54. The fraction of sp³-hybridized carbons (Fsp3) is 0.333. The number of guanidine groups is 1. The molecule has 0 saturated carbocycles. The van der Waals surface area contributed by atoms with Crippen LogP contribution < -0.4 is 15.4 Å². The van der Waals surface area contributed by atoms with E-state index >= 15 is 0 Å². The van der Waals surface area contributed by atoms with Gasteiger partial charge in [0.2, 0.25) is 10.0 Å². The minimum Gasteiger partial charge on any atom is -0.357 e. The molecule has 9 heteroatoms. The van der Waals surface area contributed by atoms with E-state index in [1.807, 2.05) is 25.1 Å². The zero-order valence-corrected chi connectivity index (χ0v) is 18.6. The van der Waals surface area contributed by atoms with Crippen molar-refractivity contribution in [1.29, 1.82) is 0 Å². The molecule has 0 spiro atoms. The molecule has 0 atom stereocenters. The molecule has 0 aliphatic carbocycles. The van der Waals surface area contributed by atoms with Gasteiger partial charge in [-0.3, -0.25) is 4.98 Å². The number of nitrogens with one attached hydrogen (secondary N) is 3. The van der Waals surface area contributed by atoms with E-state index in [1.54, 1.807) is 6.07 Å². The number of pyridine rings is 1. The van der Waals surface area contributed by atoms with Crippen molar-refractivity contribution in [3.63, 3.8) is 0 Å². The predicted octanol–water partition coefficient (Wildman–Crippen LogP) is 2.04. The van der Waals surface area contributed by atoms with Crippen molar-refractivity contribution >= 4 is 40.0 Å². The molecule has 3 N–H and O–H groups in total. The molecule has 148 valence electrons. The van der Waals surface area contributed by atoms with E-state index in [4.69, 9.17) is 0 Å². The number of benzene rings is 1.